The number of nitrogens with zero attached hydrogens (tertiary/aromatic N) is 2. The number of hydrogen-bond donors (Lipinski definition) is 5. The molecule has 1 saturated heterocycles. The average Bonchev–Trinajstić information content (AvgIpc) is 3.02. The van der Waals surface area contributed by atoms with E-state index < -0.39 is 49.0 Å². The highest BCUT2D eigenvalue weighted by molar-refractivity contribution is 6.52. The monoisotopic (exact) mass is 308 g/mol. The summed E-state index contributed by atoms with van der Waals surface area (Å²) in [5, 5.41) is 41.1. The van der Waals surface area contributed by atoms with Crippen molar-refractivity contribution in [1.82, 2.24) is 5.32 Å². The van der Waals surface area contributed by atoms with Crippen molar-refractivity contribution in [3.05, 3.63) is 11.3 Å². The van der Waals surface area contributed by atoms with Gasteiger partial charge in [0.2, 0.25) is 5.78 Å². The summed E-state index contributed by atoms with van der Waals surface area (Å²) in [7, 11) is 0. The van der Waals surface area contributed by atoms with Crippen molar-refractivity contribution in [2.75, 3.05) is 6.61 Å². The second kappa shape index (κ2) is 5.42. The van der Waals surface area contributed by atoms with Crippen molar-refractivity contribution in [3.63, 3.8) is 0 Å². The Hall–Kier alpha value is -1.83. The number of hydrogen-bond acceptors (Lipinski definition) is 9. The van der Waals surface area contributed by atoms with Gasteiger partial charge in [-0.25, -0.2) is 0 Å². The molecule has 0 radical (unpaired) electrons. The molecule has 9 heteroatoms. The molecule has 3 heterocycles. The lowest BCUT2D eigenvalue weighted by atomic mass is 9.92. The number of ether oxygens (including phenoxy) is 1. The summed E-state index contributed by atoms with van der Waals surface area (Å²) in [6.07, 6.45) is -4.73. The van der Waals surface area contributed by atoms with Crippen LogP contribution in [0.15, 0.2) is 16.3 Å². The van der Waals surface area contributed by atoms with Crippen molar-refractivity contribution in [1.29, 1.82) is 5.26 Å². The molecule has 6 N–H and O–H groups in total. The largest absolute Gasteiger partial charge is 0.394 e. The molecule has 0 aromatic rings. The Balaban J connectivity index is 1.97. The highest BCUT2D eigenvalue weighted by atomic mass is 16.6. The van der Waals surface area contributed by atoms with Crippen LogP contribution in [0.5, 0.6) is 0 Å². The van der Waals surface area contributed by atoms with Crippen LogP contribution in [-0.4, -0.2) is 70.0 Å². The van der Waals surface area contributed by atoms with Crippen LogP contribution in [0.4, 0.5) is 0 Å². The molecule has 0 aromatic carbocycles. The number of aliphatic imine (C=N–C) groups is 1. The first-order valence-electron chi connectivity index (χ1n) is 6.88. The zero-order valence-electron chi connectivity index (χ0n) is 11.5. The van der Waals surface area contributed by atoms with Gasteiger partial charge in [-0.2, -0.15) is 5.26 Å². The van der Waals surface area contributed by atoms with Crippen LogP contribution in [0.1, 0.15) is 6.42 Å². The predicted octanol–water partition coefficient (Wildman–Crippen LogP) is -3.08. The number of carbonyl (C=O) groups is 1. The Bertz CT molecular complexity index is 610. The van der Waals surface area contributed by atoms with E-state index in [-0.39, 0.29) is 12.1 Å². The molecule has 3 aliphatic heterocycles. The molecule has 0 aromatic heterocycles. The Morgan fingerprint density at radius 2 is 2.18 bits per heavy atom. The molecule has 0 bridgehead atoms. The van der Waals surface area contributed by atoms with Gasteiger partial charge in [0.1, 0.15) is 36.5 Å². The summed E-state index contributed by atoms with van der Waals surface area (Å²) in [6, 6.07) is 0.885. The summed E-state index contributed by atoms with van der Waals surface area (Å²) in [6.45, 7) is -0.464. The van der Waals surface area contributed by atoms with E-state index in [9.17, 15) is 15.0 Å². The van der Waals surface area contributed by atoms with Gasteiger partial charge in [-0.1, -0.05) is 0 Å². The van der Waals surface area contributed by atoms with E-state index in [0.717, 1.165) is 0 Å². The summed E-state index contributed by atoms with van der Waals surface area (Å²) < 4.78 is 5.45. The van der Waals surface area contributed by atoms with Crippen LogP contribution in [-0.2, 0) is 9.53 Å². The first-order valence-corrected chi connectivity index (χ1v) is 6.88. The fraction of sp³-hybridized carbons (Fsp3) is 0.615. The first kappa shape index (κ1) is 15.1. The van der Waals surface area contributed by atoms with Gasteiger partial charge in [-0.3, -0.25) is 9.79 Å². The Morgan fingerprint density at radius 1 is 1.45 bits per heavy atom. The van der Waals surface area contributed by atoms with E-state index in [2.05, 4.69) is 10.3 Å². The van der Waals surface area contributed by atoms with Crippen molar-refractivity contribution >= 4 is 11.5 Å². The summed E-state index contributed by atoms with van der Waals surface area (Å²) in [5.74, 6) is -0.485. The minimum atomic E-state index is -1.30. The molecule has 9 nitrogen and oxygen atoms in total. The van der Waals surface area contributed by atoms with E-state index >= 15 is 0 Å². The highest BCUT2D eigenvalue weighted by Gasteiger charge is 2.50. The maximum Gasteiger partial charge on any atom is 0.219 e. The number of aliphatic hydroxyl groups excluding tert-OH is 3. The third kappa shape index (κ3) is 2.13. The first-order chi connectivity index (χ1) is 10.5. The van der Waals surface area contributed by atoms with E-state index in [1.165, 1.54) is 0 Å². The molecule has 2 unspecified atom stereocenters. The molecule has 3 rings (SSSR count). The molecule has 1 fully saturated rings. The number of nitriles is 1. The van der Waals surface area contributed by atoms with Gasteiger partial charge in [0, 0.05) is 17.7 Å². The molecular weight excluding hydrogens is 292 g/mol. The zero-order chi connectivity index (χ0) is 16.0. The quantitative estimate of drug-likeness (QED) is 0.359. The van der Waals surface area contributed by atoms with Gasteiger partial charge in [0.15, 0.2) is 5.71 Å². The predicted molar refractivity (Wildman–Crippen MR) is 72.4 cm³/mol. The van der Waals surface area contributed by atoms with Crippen molar-refractivity contribution < 1.29 is 24.9 Å². The number of carbonyl (C=O) groups excluding carboxylic acids is 1. The third-order valence-corrected chi connectivity index (χ3v) is 4.14. The lowest BCUT2D eigenvalue weighted by molar-refractivity contribution is -0.110. The zero-order valence-corrected chi connectivity index (χ0v) is 11.5. The van der Waals surface area contributed by atoms with Gasteiger partial charge in [0.05, 0.1) is 12.8 Å². The molecule has 0 saturated carbocycles. The Morgan fingerprint density at radius 3 is 2.77 bits per heavy atom. The normalized spacial score (nSPS) is 41.0. The lowest BCUT2D eigenvalue weighted by Gasteiger charge is -2.27. The number of rotatable bonds is 2. The fourth-order valence-electron chi connectivity index (χ4n) is 3.06. The fourth-order valence-corrected chi connectivity index (χ4v) is 3.06. The lowest BCUT2D eigenvalue weighted by Crippen LogP contribution is -2.45. The van der Waals surface area contributed by atoms with Gasteiger partial charge < -0.3 is 31.1 Å². The van der Waals surface area contributed by atoms with Crippen LogP contribution in [0.25, 0.3) is 0 Å². The van der Waals surface area contributed by atoms with Crippen LogP contribution in [0, 0.1) is 11.3 Å². The van der Waals surface area contributed by atoms with E-state index in [0.29, 0.717) is 11.3 Å². The van der Waals surface area contributed by atoms with E-state index in [1.54, 1.807) is 6.07 Å². The van der Waals surface area contributed by atoms with Gasteiger partial charge >= 0.3 is 0 Å². The number of dihydropyridines is 1. The molecule has 6 atom stereocenters. The molecule has 22 heavy (non-hydrogen) atoms. The molecule has 0 aliphatic carbocycles. The minimum Gasteiger partial charge on any atom is -0.394 e. The van der Waals surface area contributed by atoms with E-state index in [1.807, 2.05) is 0 Å². The molecule has 118 valence electrons. The van der Waals surface area contributed by atoms with Crippen molar-refractivity contribution in [3.8, 4) is 6.07 Å². The van der Waals surface area contributed by atoms with Crippen molar-refractivity contribution in [2.45, 2.75) is 43.0 Å². The number of ketones is 1. The van der Waals surface area contributed by atoms with Gasteiger partial charge in [0.25, 0.3) is 0 Å². The smallest absolute Gasteiger partial charge is 0.219 e. The Kier molecular flexibility index (Phi) is 3.72. The van der Waals surface area contributed by atoms with Crippen LogP contribution in [0.3, 0.4) is 0 Å². The Labute approximate surface area is 125 Å². The number of aliphatic hydroxyl groups is 3. The molecule has 0 amide bonds. The SMILES string of the molecule is N#CC1=NC([C@@H]2O[C@H](CO)[C@@H](O)[C@H]2O)C2=C(CC(N)N2)C1=O. The highest BCUT2D eigenvalue weighted by Crippen LogP contribution is 2.34. The summed E-state index contributed by atoms with van der Waals surface area (Å²) >= 11 is 0. The van der Waals surface area contributed by atoms with Crippen molar-refractivity contribution in [2.24, 2.45) is 10.7 Å². The second-order valence-corrected chi connectivity index (χ2v) is 5.51. The van der Waals surface area contributed by atoms with Crippen LogP contribution >= 0.6 is 0 Å². The number of nitrogens with one attached hydrogen (secondary N) is 1. The maximum atomic E-state index is 12.1. The molecule has 0 spiro atoms. The van der Waals surface area contributed by atoms with E-state index in [4.69, 9.17) is 20.8 Å². The second-order valence-electron chi connectivity index (χ2n) is 5.51. The summed E-state index contributed by atoms with van der Waals surface area (Å²) in [4.78, 5) is 16.2. The standard InChI is InChI=1S/C13H16N4O5/c14-2-5-10(19)4-1-7(15)17-8(4)9(16-5)13-12(21)11(20)6(3-18)22-13/h6-7,9,11-13,17-18,20-21H,1,3,15H2/t6-,7?,9?,11-,12-,13+/m1/s1. The summed E-state index contributed by atoms with van der Waals surface area (Å²) in [5.41, 5.74) is 6.27. The third-order valence-electron chi connectivity index (χ3n) is 4.14. The van der Waals surface area contributed by atoms with Gasteiger partial charge in [-0.05, 0) is 0 Å². The molecule has 3 aliphatic rings. The maximum absolute atomic E-state index is 12.1. The van der Waals surface area contributed by atoms with Crippen LogP contribution in [0.2, 0.25) is 0 Å². The van der Waals surface area contributed by atoms with Crippen LogP contribution < -0.4 is 11.1 Å². The minimum absolute atomic E-state index is 0.250. The molecular formula is C13H16N4O5. The average molecular weight is 308 g/mol. The number of Topliss-reactive ketones (excluding diaryl/α,β-unsaturated/α-hetero) is 1. The topological polar surface area (TPSA) is 161 Å². The van der Waals surface area contributed by atoms with Gasteiger partial charge in [-0.15, -0.1) is 0 Å². The number of nitrogens with two attached hydrogens (primary N) is 1.